The van der Waals surface area contributed by atoms with Gasteiger partial charge in [0, 0.05) is 25.9 Å². The van der Waals surface area contributed by atoms with Gasteiger partial charge in [0.15, 0.2) is 0 Å². The summed E-state index contributed by atoms with van der Waals surface area (Å²) < 4.78 is 13.3. The average molecular weight is 382 g/mol. The highest BCUT2D eigenvalue weighted by Gasteiger charge is 2.29. The Morgan fingerprint density at radius 1 is 1.11 bits per heavy atom. The van der Waals surface area contributed by atoms with Crippen LogP contribution in [0.4, 0.5) is 4.39 Å². The van der Waals surface area contributed by atoms with E-state index in [1.807, 2.05) is 37.3 Å². The van der Waals surface area contributed by atoms with Crippen molar-refractivity contribution in [2.75, 3.05) is 6.54 Å². The highest BCUT2D eigenvalue weighted by atomic mass is 19.1. The quantitative estimate of drug-likeness (QED) is 0.634. The van der Waals surface area contributed by atoms with E-state index in [4.69, 9.17) is 0 Å². The molecular weight excluding hydrogens is 355 g/mol. The van der Waals surface area contributed by atoms with Crippen LogP contribution >= 0.6 is 0 Å². The molecule has 0 aliphatic rings. The predicted octanol–water partition coefficient (Wildman–Crippen LogP) is 3.87. The molecular formula is C23H27FN2O2. The third kappa shape index (κ3) is 6.34. The second-order valence-electron chi connectivity index (χ2n) is 6.64. The molecule has 1 N–H and O–H groups in total. The third-order valence-electron chi connectivity index (χ3n) is 4.42. The lowest BCUT2D eigenvalue weighted by atomic mass is 10.0. The van der Waals surface area contributed by atoms with Gasteiger partial charge in [-0.2, -0.15) is 0 Å². The normalized spacial score (nSPS) is 11.5. The zero-order valence-corrected chi connectivity index (χ0v) is 16.2. The molecule has 0 fully saturated rings. The minimum atomic E-state index is -0.661. The maximum absolute atomic E-state index is 13.3. The van der Waals surface area contributed by atoms with E-state index >= 15 is 0 Å². The molecule has 5 heteroatoms. The SMILES string of the molecule is C=CCNC(=O)[C@@H](Cc1ccccc1)N(Cc1ccc(F)cc1)C(=O)CCC. The van der Waals surface area contributed by atoms with E-state index in [1.165, 1.54) is 12.1 Å². The van der Waals surface area contributed by atoms with E-state index in [1.54, 1.807) is 23.1 Å². The van der Waals surface area contributed by atoms with Crippen molar-refractivity contribution in [1.82, 2.24) is 10.2 Å². The van der Waals surface area contributed by atoms with E-state index in [0.29, 0.717) is 25.8 Å². The average Bonchev–Trinajstić information content (AvgIpc) is 2.71. The standard InChI is InChI=1S/C23H27FN2O2/c1-3-8-22(27)26(17-19-11-13-20(24)14-12-19)21(23(28)25-15-4-2)16-18-9-6-5-7-10-18/h4-7,9-14,21H,2-3,8,15-17H2,1H3,(H,25,28)/t21-/m1/s1. The molecule has 2 rings (SSSR count). The van der Waals surface area contributed by atoms with Gasteiger partial charge in [0.2, 0.25) is 11.8 Å². The van der Waals surface area contributed by atoms with Crippen LogP contribution in [0.5, 0.6) is 0 Å². The molecule has 0 aliphatic carbocycles. The van der Waals surface area contributed by atoms with E-state index < -0.39 is 6.04 Å². The summed E-state index contributed by atoms with van der Waals surface area (Å²) in [5.41, 5.74) is 1.75. The summed E-state index contributed by atoms with van der Waals surface area (Å²) in [6.45, 7) is 6.14. The first kappa shape index (κ1) is 21.4. The van der Waals surface area contributed by atoms with Crippen molar-refractivity contribution in [3.63, 3.8) is 0 Å². The minimum Gasteiger partial charge on any atom is -0.351 e. The molecule has 28 heavy (non-hydrogen) atoms. The van der Waals surface area contributed by atoms with Gasteiger partial charge in [-0.25, -0.2) is 4.39 Å². The second-order valence-corrected chi connectivity index (χ2v) is 6.64. The Labute approximate surface area is 166 Å². The van der Waals surface area contributed by atoms with Crippen LogP contribution in [0.1, 0.15) is 30.9 Å². The van der Waals surface area contributed by atoms with Crippen LogP contribution < -0.4 is 5.32 Å². The van der Waals surface area contributed by atoms with Gasteiger partial charge < -0.3 is 10.2 Å². The fourth-order valence-corrected chi connectivity index (χ4v) is 2.99. The first-order chi connectivity index (χ1) is 13.5. The number of hydrogen-bond acceptors (Lipinski definition) is 2. The number of carbonyl (C=O) groups excluding carboxylic acids is 2. The summed E-state index contributed by atoms with van der Waals surface area (Å²) in [5.74, 6) is -0.656. The number of amides is 2. The van der Waals surface area contributed by atoms with Crippen molar-refractivity contribution >= 4 is 11.8 Å². The molecule has 0 aliphatic heterocycles. The van der Waals surface area contributed by atoms with Crippen LogP contribution in [-0.4, -0.2) is 29.3 Å². The number of benzene rings is 2. The van der Waals surface area contributed by atoms with E-state index in [2.05, 4.69) is 11.9 Å². The van der Waals surface area contributed by atoms with Gasteiger partial charge in [-0.05, 0) is 29.7 Å². The second kappa shape index (κ2) is 11.0. The maximum Gasteiger partial charge on any atom is 0.243 e. The van der Waals surface area contributed by atoms with Gasteiger partial charge in [-0.1, -0.05) is 55.5 Å². The Bertz CT molecular complexity index is 775. The Hall–Kier alpha value is -2.95. The Morgan fingerprint density at radius 3 is 2.39 bits per heavy atom. The lowest BCUT2D eigenvalue weighted by molar-refractivity contribution is -0.141. The van der Waals surface area contributed by atoms with Crippen molar-refractivity contribution < 1.29 is 14.0 Å². The topological polar surface area (TPSA) is 49.4 Å². The summed E-state index contributed by atoms with van der Waals surface area (Å²) in [6.07, 6.45) is 3.04. The number of carbonyl (C=O) groups is 2. The summed E-state index contributed by atoms with van der Waals surface area (Å²) in [4.78, 5) is 27.4. The van der Waals surface area contributed by atoms with Gasteiger partial charge >= 0.3 is 0 Å². The minimum absolute atomic E-state index is 0.0958. The van der Waals surface area contributed by atoms with Crippen molar-refractivity contribution in [1.29, 1.82) is 0 Å². The molecule has 0 aromatic heterocycles. The van der Waals surface area contributed by atoms with Crippen molar-refractivity contribution in [3.8, 4) is 0 Å². The molecule has 0 heterocycles. The van der Waals surface area contributed by atoms with Gasteiger partial charge in [0.1, 0.15) is 11.9 Å². The number of nitrogens with one attached hydrogen (secondary N) is 1. The van der Waals surface area contributed by atoms with E-state index in [9.17, 15) is 14.0 Å². The summed E-state index contributed by atoms with van der Waals surface area (Å²) in [5, 5.41) is 2.81. The molecule has 2 aromatic carbocycles. The van der Waals surface area contributed by atoms with Crippen LogP contribution in [0.2, 0.25) is 0 Å². The maximum atomic E-state index is 13.3. The van der Waals surface area contributed by atoms with E-state index in [0.717, 1.165) is 11.1 Å². The molecule has 4 nitrogen and oxygen atoms in total. The van der Waals surface area contributed by atoms with E-state index in [-0.39, 0.29) is 24.2 Å². The molecule has 2 aromatic rings. The first-order valence-electron chi connectivity index (χ1n) is 9.51. The zero-order valence-electron chi connectivity index (χ0n) is 16.2. The Kier molecular flexibility index (Phi) is 8.40. The molecule has 0 unspecified atom stereocenters. The first-order valence-corrected chi connectivity index (χ1v) is 9.51. The number of halogens is 1. The largest absolute Gasteiger partial charge is 0.351 e. The molecule has 2 amide bonds. The molecule has 0 saturated heterocycles. The molecule has 1 atom stereocenters. The van der Waals surface area contributed by atoms with Gasteiger partial charge in [-0.15, -0.1) is 6.58 Å². The van der Waals surface area contributed by atoms with Gasteiger partial charge in [0.25, 0.3) is 0 Å². The summed E-state index contributed by atoms with van der Waals surface area (Å²) >= 11 is 0. The molecule has 0 spiro atoms. The number of nitrogens with zero attached hydrogens (tertiary/aromatic N) is 1. The Balaban J connectivity index is 2.33. The number of hydrogen-bond donors (Lipinski definition) is 1. The highest BCUT2D eigenvalue weighted by molar-refractivity contribution is 5.88. The Morgan fingerprint density at radius 2 is 1.79 bits per heavy atom. The number of rotatable bonds is 10. The third-order valence-corrected chi connectivity index (χ3v) is 4.42. The fourth-order valence-electron chi connectivity index (χ4n) is 2.99. The smallest absolute Gasteiger partial charge is 0.243 e. The van der Waals surface area contributed by atoms with Crippen LogP contribution in [0.3, 0.4) is 0 Å². The van der Waals surface area contributed by atoms with Gasteiger partial charge in [0.05, 0.1) is 0 Å². The van der Waals surface area contributed by atoms with Crippen LogP contribution in [0, 0.1) is 5.82 Å². The molecule has 0 saturated carbocycles. The van der Waals surface area contributed by atoms with Crippen LogP contribution in [0.25, 0.3) is 0 Å². The highest BCUT2D eigenvalue weighted by Crippen LogP contribution is 2.16. The van der Waals surface area contributed by atoms with Crippen molar-refractivity contribution in [2.24, 2.45) is 0 Å². The molecule has 0 radical (unpaired) electrons. The van der Waals surface area contributed by atoms with Crippen LogP contribution in [0.15, 0.2) is 67.3 Å². The summed E-state index contributed by atoms with van der Waals surface area (Å²) in [6, 6.07) is 15.0. The predicted molar refractivity (Wildman–Crippen MR) is 109 cm³/mol. The van der Waals surface area contributed by atoms with Crippen LogP contribution in [-0.2, 0) is 22.6 Å². The fraction of sp³-hybridized carbons (Fsp3) is 0.304. The van der Waals surface area contributed by atoms with Crippen molar-refractivity contribution in [3.05, 3.63) is 84.2 Å². The zero-order chi connectivity index (χ0) is 20.4. The molecule has 148 valence electrons. The molecule has 0 bridgehead atoms. The van der Waals surface area contributed by atoms with Crippen molar-refractivity contribution in [2.45, 2.75) is 38.8 Å². The lowest BCUT2D eigenvalue weighted by Gasteiger charge is -2.31. The monoisotopic (exact) mass is 382 g/mol. The summed E-state index contributed by atoms with van der Waals surface area (Å²) in [7, 11) is 0. The lowest BCUT2D eigenvalue weighted by Crippen LogP contribution is -2.50. The van der Waals surface area contributed by atoms with Gasteiger partial charge in [-0.3, -0.25) is 9.59 Å².